The van der Waals surface area contributed by atoms with Gasteiger partial charge in [0.05, 0.1) is 0 Å². The zero-order chi connectivity index (χ0) is 13.0. The van der Waals surface area contributed by atoms with Crippen LogP contribution in [0.3, 0.4) is 0 Å². The van der Waals surface area contributed by atoms with Crippen molar-refractivity contribution in [3.8, 4) is 0 Å². The van der Waals surface area contributed by atoms with E-state index in [1.807, 2.05) is 23.5 Å². The Morgan fingerprint density at radius 1 is 1.28 bits per heavy atom. The minimum atomic E-state index is -0.155. The van der Waals surface area contributed by atoms with Crippen molar-refractivity contribution in [3.63, 3.8) is 0 Å². The molecule has 0 aromatic heterocycles. The summed E-state index contributed by atoms with van der Waals surface area (Å²) >= 11 is 9.54. The minimum absolute atomic E-state index is 0.155. The lowest BCUT2D eigenvalue weighted by Gasteiger charge is -2.26. The second-order valence-electron chi connectivity index (χ2n) is 4.04. The zero-order valence-corrected chi connectivity index (χ0v) is 12.4. The summed E-state index contributed by atoms with van der Waals surface area (Å²) in [5.41, 5.74) is 0.751. The summed E-state index contributed by atoms with van der Waals surface area (Å²) in [7, 11) is 0. The van der Waals surface area contributed by atoms with Crippen molar-refractivity contribution >= 4 is 46.8 Å². The van der Waals surface area contributed by atoms with Crippen molar-refractivity contribution in [1.29, 1.82) is 0 Å². The fraction of sp³-hybridized carbons (Fsp3) is 0.417. The molecular formula is C12H15ClN2OS2. The van der Waals surface area contributed by atoms with Crippen molar-refractivity contribution in [2.45, 2.75) is 17.5 Å². The van der Waals surface area contributed by atoms with Gasteiger partial charge in [0.15, 0.2) is 0 Å². The number of carbonyl (C=O) groups excluding carboxylic acids is 1. The molecule has 1 saturated heterocycles. The Bertz CT molecular complexity index is 405. The van der Waals surface area contributed by atoms with E-state index in [4.69, 9.17) is 11.6 Å². The van der Waals surface area contributed by atoms with E-state index >= 15 is 0 Å². The standard InChI is InChI=1S/C12H15ClN2OS2/c1-8-17-6-11(7-18-8)15-12(16)14-10-4-2-9(13)3-5-10/h2-5,8,11H,6-7H2,1H3,(H2,14,15,16). The Morgan fingerprint density at radius 2 is 1.89 bits per heavy atom. The summed E-state index contributed by atoms with van der Waals surface area (Å²) in [6.45, 7) is 2.19. The molecule has 0 saturated carbocycles. The normalized spacial score (nSPS) is 23.4. The molecule has 1 fully saturated rings. The Hall–Kier alpha value is -0.520. The topological polar surface area (TPSA) is 41.1 Å². The third-order valence-electron chi connectivity index (χ3n) is 2.50. The van der Waals surface area contributed by atoms with Gasteiger partial charge in [-0.2, -0.15) is 0 Å². The van der Waals surface area contributed by atoms with Crippen LogP contribution in [0.5, 0.6) is 0 Å². The molecule has 98 valence electrons. The molecular weight excluding hydrogens is 288 g/mol. The first-order valence-electron chi connectivity index (χ1n) is 5.70. The van der Waals surface area contributed by atoms with Gasteiger partial charge in [-0.05, 0) is 31.2 Å². The molecule has 0 spiro atoms. The number of urea groups is 1. The van der Waals surface area contributed by atoms with Crippen LogP contribution in [0.25, 0.3) is 0 Å². The maximum atomic E-state index is 11.8. The molecule has 0 atom stereocenters. The van der Waals surface area contributed by atoms with E-state index in [1.165, 1.54) is 0 Å². The molecule has 1 aromatic rings. The van der Waals surface area contributed by atoms with Gasteiger partial charge in [0.1, 0.15) is 0 Å². The van der Waals surface area contributed by atoms with E-state index in [2.05, 4.69) is 17.6 Å². The fourth-order valence-corrected chi connectivity index (χ4v) is 4.11. The molecule has 1 aliphatic heterocycles. The van der Waals surface area contributed by atoms with Crippen LogP contribution in [0, 0.1) is 0 Å². The molecule has 2 N–H and O–H groups in total. The second-order valence-corrected chi connectivity index (χ2v) is 7.52. The van der Waals surface area contributed by atoms with Crippen molar-refractivity contribution in [3.05, 3.63) is 29.3 Å². The zero-order valence-electron chi connectivity index (χ0n) is 9.98. The third-order valence-corrected chi connectivity index (χ3v) is 5.70. The maximum Gasteiger partial charge on any atom is 0.319 e. The fourth-order valence-electron chi connectivity index (χ4n) is 1.57. The quantitative estimate of drug-likeness (QED) is 0.876. The Balaban J connectivity index is 1.80. The highest BCUT2D eigenvalue weighted by atomic mass is 35.5. The lowest BCUT2D eigenvalue weighted by atomic mass is 10.3. The molecule has 6 heteroatoms. The van der Waals surface area contributed by atoms with Crippen molar-refractivity contribution in [1.82, 2.24) is 5.32 Å². The summed E-state index contributed by atoms with van der Waals surface area (Å²) in [6.07, 6.45) is 0. The number of nitrogens with one attached hydrogen (secondary N) is 2. The summed E-state index contributed by atoms with van der Waals surface area (Å²) in [6, 6.07) is 7.17. The number of hydrogen-bond acceptors (Lipinski definition) is 3. The molecule has 2 rings (SSSR count). The second kappa shape index (κ2) is 6.59. The van der Waals surface area contributed by atoms with Crippen LogP contribution in [-0.2, 0) is 0 Å². The highest BCUT2D eigenvalue weighted by molar-refractivity contribution is 8.17. The number of hydrogen-bond donors (Lipinski definition) is 2. The molecule has 1 aliphatic rings. The van der Waals surface area contributed by atoms with Gasteiger partial charge >= 0.3 is 6.03 Å². The maximum absolute atomic E-state index is 11.8. The van der Waals surface area contributed by atoms with E-state index in [0.29, 0.717) is 9.60 Å². The van der Waals surface area contributed by atoms with Gasteiger partial charge in [-0.25, -0.2) is 4.79 Å². The van der Waals surface area contributed by atoms with Gasteiger partial charge < -0.3 is 10.6 Å². The number of carbonyl (C=O) groups is 1. The predicted octanol–water partition coefficient (Wildman–Crippen LogP) is 3.66. The number of rotatable bonds is 2. The van der Waals surface area contributed by atoms with Crippen LogP contribution < -0.4 is 10.6 Å². The Labute approximate surface area is 120 Å². The largest absolute Gasteiger partial charge is 0.333 e. The van der Waals surface area contributed by atoms with E-state index in [-0.39, 0.29) is 12.1 Å². The van der Waals surface area contributed by atoms with Crippen LogP contribution >= 0.6 is 35.1 Å². The average Bonchev–Trinajstić information content (AvgIpc) is 2.35. The predicted molar refractivity (Wildman–Crippen MR) is 81.8 cm³/mol. The van der Waals surface area contributed by atoms with Crippen LogP contribution in [-0.4, -0.2) is 28.2 Å². The van der Waals surface area contributed by atoms with Crippen LogP contribution in [0.2, 0.25) is 5.02 Å². The number of anilines is 1. The van der Waals surface area contributed by atoms with Crippen LogP contribution in [0.15, 0.2) is 24.3 Å². The van der Waals surface area contributed by atoms with Gasteiger partial charge in [-0.15, -0.1) is 23.5 Å². The third kappa shape index (κ3) is 4.30. The first-order chi connectivity index (χ1) is 8.63. The molecule has 0 bridgehead atoms. The lowest BCUT2D eigenvalue weighted by molar-refractivity contribution is 0.250. The molecule has 0 unspecified atom stereocenters. The number of thioether (sulfide) groups is 2. The van der Waals surface area contributed by atoms with Crippen molar-refractivity contribution in [2.24, 2.45) is 0 Å². The average molecular weight is 303 g/mol. The Kier molecular flexibility index (Phi) is 5.09. The van der Waals surface area contributed by atoms with Crippen molar-refractivity contribution < 1.29 is 4.79 Å². The lowest BCUT2D eigenvalue weighted by Crippen LogP contribution is -2.43. The molecule has 1 aromatic carbocycles. The highest BCUT2D eigenvalue weighted by Gasteiger charge is 2.20. The monoisotopic (exact) mass is 302 g/mol. The van der Waals surface area contributed by atoms with Crippen LogP contribution in [0.1, 0.15) is 6.92 Å². The first-order valence-corrected chi connectivity index (χ1v) is 8.17. The van der Waals surface area contributed by atoms with E-state index < -0.39 is 0 Å². The first kappa shape index (κ1) is 13.9. The van der Waals surface area contributed by atoms with E-state index in [9.17, 15) is 4.79 Å². The Morgan fingerprint density at radius 3 is 2.50 bits per heavy atom. The van der Waals surface area contributed by atoms with Gasteiger partial charge in [0, 0.05) is 32.8 Å². The smallest absolute Gasteiger partial charge is 0.319 e. The summed E-state index contributed by atoms with van der Waals surface area (Å²) in [5, 5.41) is 6.44. The van der Waals surface area contributed by atoms with Crippen LogP contribution in [0.4, 0.5) is 10.5 Å². The van der Waals surface area contributed by atoms with Gasteiger partial charge in [-0.3, -0.25) is 0 Å². The van der Waals surface area contributed by atoms with E-state index in [1.54, 1.807) is 24.3 Å². The van der Waals surface area contributed by atoms with E-state index in [0.717, 1.165) is 17.2 Å². The highest BCUT2D eigenvalue weighted by Crippen LogP contribution is 2.29. The molecule has 0 aliphatic carbocycles. The summed E-state index contributed by atoms with van der Waals surface area (Å²) in [5.74, 6) is 1.95. The molecule has 0 radical (unpaired) electrons. The van der Waals surface area contributed by atoms with Gasteiger partial charge in [0.2, 0.25) is 0 Å². The minimum Gasteiger partial charge on any atom is -0.333 e. The summed E-state index contributed by atoms with van der Waals surface area (Å²) in [4.78, 5) is 11.8. The number of benzene rings is 1. The molecule has 2 amide bonds. The molecule has 18 heavy (non-hydrogen) atoms. The summed E-state index contributed by atoms with van der Waals surface area (Å²) < 4.78 is 0.627. The number of halogens is 1. The van der Waals surface area contributed by atoms with Gasteiger partial charge in [-0.1, -0.05) is 11.6 Å². The number of amides is 2. The molecule has 1 heterocycles. The SMILES string of the molecule is CC1SCC(NC(=O)Nc2ccc(Cl)cc2)CS1. The molecule has 3 nitrogen and oxygen atoms in total. The van der Waals surface area contributed by atoms with Gasteiger partial charge in [0.25, 0.3) is 0 Å². The van der Waals surface area contributed by atoms with Crippen molar-refractivity contribution in [2.75, 3.05) is 16.8 Å².